The third-order valence-corrected chi connectivity index (χ3v) is 5.13. The van der Waals surface area contributed by atoms with Crippen LogP contribution < -0.4 is 0 Å². The fourth-order valence-electron chi connectivity index (χ4n) is 2.24. The van der Waals surface area contributed by atoms with Gasteiger partial charge >= 0.3 is 0 Å². The van der Waals surface area contributed by atoms with Crippen molar-refractivity contribution < 1.29 is 17.3 Å². The SMILES string of the molecule is COC1(CCOS(=O)(=O)c2ccc(C)cc2)CCC1. The van der Waals surface area contributed by atoms with Gasteiger partial charge < -0.3 is 4.74 Å². The average molecular weight is 284 g/mol. The summed E-state index contributed by atoms with van der Waals surface area (Å²) in [6.45, 7) is 2.08. The molecule has 0 aromatic heterocycles. The van der Waals surface area contributed by atoms with Crippen LogP contribution in [0.2, 0.25) is 0 Å². The van der Waals surface area contributed by atoms with Crippen LogP contribution in [-0.2, 0) is 19.0 Å². The van der Waals surface area contributed by atoms with Gasteiger partial charge in [-0.2, -0.15) is 8.42 Å². The van der Waals surface area contributed by atoms with Gasteiger partial charge in [0, 0.05) is 13.5 Å². The summed E-state index contributed by atoms with van der Waals surface area (Å²) in [6.07, 6.45) is 3.72. The highest BCUT2D eigenvalue weighted by molar-refractivity contribution is 7.86. The van der Waals surface area contributed by atoms with E-state index >= 15 is 0 Å². The summed E-state index contributed by atoms with van der Waals surface area (Å²) in [7, 11) is -1.97. The monoisotopic (exact) mass is 284 g/mol. The van der Waals surface area contributed by atoms with Crippen molar-refractivity contribution in [2.75, 3.05) is 13.7 Å². The number of hydrogen-bond acceptors (Lipinski definition) is 4. The number of hydrogen-bond donors (Lipinski definition) is 0. The van der Waals surface area contributed by atoms with Gasteiger partial charge in [0.25, 0.3) is 10.1 Å². The third kappa shape index (κ3) is 3.35. The van der Waals surface area contributed by atoms with Gasteiger partial charge in [-0.3, -0.25) is 4.18 Å². The second-order valence-corrected chi connectivity index (χ2v) is 6.70. The van der Waals surface area contributed by atoms with Crippen molar-refractivity contribution in [2.24, 2.45) is 0 Å². The zero-order valence-corrected chi connectivity index (χ0v) is 12.2. The molecule has 0 bridgehead atoms. The Balaban J connectivity index is 1.93. The second kappa shape index (κ2) is 5.61. The minimum absolute atomic E-state index is 0.164. The molecule has 19 heavy (non-hydrogen) atoms. The van der Waals surface area contributed by atoms with Crippen LogP contribution in [0.25, 0.3) is 0 Å². The maximum Gasteiger partial charge on any atom is 0.296 e. The largest absolute Gasteiger partial charge is 0.378 e. The molecule has 5 heteroatoms. The van der Waals surface area contributed by atoms with E-state index < -0.39 is 10.1 Å². The smallest absolute Gasteiger partial charge is 0.296 e. The molecule has 0 unspecified atom stereocenters. The van der Waals surface area contributed by atoms with E-state index in [1.807, 2.05) is 6.92 Å². The molecule has 1 aromatic rings. The Morgan fingerprint density at radius 2 is 1.84 bits per heavy atom. The zero-order valence-electron chi connectivity index (χ0n) is 11.4. The Labute approximate surface area is 114 Å². The van der Waals surface area contributed by atoms with Crippen molar-refractivity contribution in [3.8, 4) is 0 Å². The molecule has 1 aliphatic rings. The van der Waals surface area contributed by atoms with Crippen LogP contribution in [0.3, 0.4) is 0 Å². The molecule has 1 aromatic carbocycles. The second-order valence-electron chi connectivity index (χ2n) is 5.08. The van der Waals surface area contributed by atoms with E-state index in [9.17, 15) is 8.42 Å². The Morgan fingerprint density at radius 3 is 2.32 bits per heavy atom. The Bertz CT molecular complexity index is 509. The van der Waals surface area contributed by atoms with Gasteiger partial charge in [-0.15, -0.1) is 0 Å². The Hall–Kier alpha value is -0.910. The molecular weight excluding hydrogens is 264 g/mol. The number of benzene rings is 1. The maximum atomic E-state index is 12.0. The van der Waals surface area contributed by atoms with Crippen LogP contribution in [0.5, 0.6) is 0 Å². The molecule has 0 amide bonds. The normalized spacial score (nSPS) is 18.0. The van der Waals surface area contributed by atoms with Crippen molar-refractivity contribution in [1.29, 1.82) is 0 Å². The zero-order chi connectivity index (χ0) is 13.9. The molecule has 0 spiro atoms. The minimum Gasteiger partial charge on any atom is -0.378 e. The van der Waals surface area contributed by atoms with Crippen LogP contribution in [0, 0.1) is 6.92 Å². The summed E-state index contributed by atoms with van der Waals surface area (Å²) in [6, 6.07) is 6.66. The van der Waals surface area contributed by atoms with E-state index in [-0.39, 0.29) is 17.1 Å². The van der Waals surface area contributed by atoms with Crippen LogP contribution in [0.15, 0.2) is 29.2 Å². The van der Waals surface area contributed by atoms with Crippen LogP contribution >= 0.6 is 0 Å². The van der Waals surface area contributed by atoms with Gasteiger partial charge in [0.2, 0.25) is 0 Å². The molecule has 1 fully saturated rings. The van der Waals surface area contributed by atoms with Gasteiger partial charge in [0.05, 0.1) is 17.1 Å². The molecule has 0 aliphatic heterocycles. The van der Waals surface area contributed by atoms with Crippen molar-refractivity contribution in [3.05, 3.63) is 29.8 Å². The molecule has 106 valence electrons. The lowest BCUT2D eigenvalue weighted by Gasteiger charge is -2.40. The standard InChI is InChI=1S/C14H20O4S/c1-12-4-6-13(7-5-12)19(15,16)18-11-10-14(17-2)8-3-9-14/h4-7H,3,8-11H2,1-2H3. The number of aryl methyl sites for hydroxylation is 1. The van der Waals surface area contributed by atoms with Crippen molar-refractivity contribution in [1.82, 2.24) is 0 Å². The Kier molecular flexibility index (Phi) is 4.28. The quantitative estimate of drug-likeness (QED) is 0.754. The molecule has 0 atom stereocenters. The highest BCUT2D eigenvalue weighted by atomic mass is 32.2. The molecule has 0 radical (unpaired) electrons. The van der Waals surface area contributed by atoms with Gasteiger partial charge in [-0.05, 0) is 38.3 Å². The third-order valence-electron chi connectivity index (χ3n) is 3.80. The van der Waals surface area contributed by atoms with Gasteiger partial charge in [0.15, 0.2) is 0 Å². The Morgan fingerprint density at radius 1 is 1.21 bits per heavy atom. The van der Waals surface area contributed by atoms with E-state index in [0.717, 1.165) is 24.8 Å². The highest BCUT2D eigenvalue weighted by Gasteiger charge is 2.36. The first-order chi connectivity index (χ1) is 8.97. The average Bonchev–Trinajstić information content (AvgIpc) is 2.33. The first-order valence-electron chi connectivity index (χ1n) is 6.49. The van der Waals surface area contributed by atoms with E-state index in [1.54, 1.807) is 31.4 Å². The van der Waals surface area contributed by atoms with Crippen LogP contribution in [-0.4, -0.2) is 27.7 Å². The fraction of sp³-hybridized carbons (Fsp3) is 0.571. The van der Waals surface area contributed by atoms with Crippen molar-refractivity contribution >= 4 is 10.1 Å². The molecule has 0 N–H and O–H groups in total. The van der Waals surface area contributed by atoms with Crippen molar-refractivity contribution in [2.45, 2.75) is 43.1 Å². The molecular formula is C14H20O4S. The lowest BCUT2D eigenvalue weighted by molar-refractivity contribution is -0.0832. The minimum atomic E-state index is -3.65. The van der Waals surface area contributed by atoms with Crippen molar-refractivity contribution in [3.63, 3.8) is 0 Å². The molecule has 1 aliphatic carbocycles. The van der Waals surface area contributed by atoms with E-state index in [4.69, 9.17) is 8.92 Å². The lowest BCUT2D eigenvalue weighted by Crippen LogP contribution is -2.40. The summed E-state index contributed by atoms with van der Waals surface area (Å²) in [5.41, 5.74) is 0.856. The van der Waals surface area contributed by atoms with E-state index in [2.05, 4.69) is 0 Å². The predicted molar refractivity (Wildman–Crippen MR) is 72.5 cm³/mol. The first kappa shape index (κ1) is 14.5. The molecule has 1 saturated carbocycles. The summed E-state index contributed by atoms with van der Waals surface area (Å²) in [5, 5.41) is 0. The number of methoxy groups -OCH3 is 1. The van der Waals surface area contributed by atoms with Crippen LogP contribution in [0.1, 0.15) is 31.2 Å². The number of ether oxygens (including phenoxy) is 1. The molecule has 0 saturated heterocycles. The summed E-state index contributed by atoms with van der Waals surface area (Å²) in [4.78, 5) is 0.207. The van der Waals surface area contributed by atoms with Gasteiger partial charge in [-0.25, -0.2) is 0 Å². The fourth-order valence-corrected chi connectivity index (χ4v) is 3.15. The molecule has 4 nitrogen and oxygen atoms in total. The van der Waals surface area contributed by atoms with Crippen LogP contribution in [0.4, 0.5) is 0 Å². The highest BCUT2D eigenvalue weighted by Crippen LogP contribution is 2.38. The predicted octanol–water partition coefficient (Wildman–Crippen LogP) is 2.66. The molecule has 0 heterocycles. The van der Waals surface area contributed by atoms with E-state index in [0.29, 0.717) is 6.42 Å². The summed E-state index contributed by atoms with van der Waals surface area (Å²) >= 11 is 0. The first-order valence-corrected chi connectivity index (χ1v) is 7.90. The molecule has 2 rings (SSSR count). The lowest BCUT2D eigenvalue weighted by atomic mass is 9.78. The topological polar surface area (TPSA) is 52.6 Å². The maximum absolute atomic E-state index is 12.0. The summed E-state index contributed by atoms with van der Waals surface area (Å²) < 4.78 is 34.4. The van der Waals surface area contributed by atoms with Gasteiger partial charge in [0.1, 0.15) is 0 Å². The summed E-state index contributed by atoms with van der Waals surface area (Å²) in [5.74, 6) is 0. The van der Waals surface area contributed by atoms with Gasteiger partial charge in [-0.1, -0.05) is 17.7 Å². The van der Waals surface area contributed by atoms with E-state index in [1.165, 1.54) is 0 Å². The number of rotatable bonds is 6.